The van der Waals surface area contributed by atoms with Crippen molar-refractivity contribution in [3.8, 4) is 16.9 Å². The van der Waals surface area contributed by atoms with Crippen LogP contribution in [-0.4, -0.2) is 12.4 Å². The summed E-state index contributed by atoms with van der Waals surface area (Å²) in [6.45, 7) is 0.189. The smallest absolute Gasteiger partial charge is 0.173 e. The van der Waals surface area contributed by atoms with Crippen molar-refractivity contribution in [1.82, 2.24) is 0 Å². The Bertz CT molecular complexity index is 598. The van der Waals surface area contributed by atoms with E-state index < -0.39 is 0 Å². The molecule has 0 heterocycles. The highest BCUT2D eigenvalue weighted by atomic mass is 16.5. The molecule has 0 saturated heterocycles. The molecular formula is C19H20O2. The molecule has 1 saturated carbocycles. The Morgan fingerprint density at radius 3 is 2.38 bits per heavy atom. The van der Waals surface area contributed by atoms with Gasteiger partial charge in [-0.05, 0) is 24.5 Å². The molecule has 1 fully saturated rings. The summed E-state index contributed by atoms with van der Waals surface area (Å²) in [7, 11) is 0. The number of carbonyl (C=O) groups is 1. The van der Waals surface area contributed by atoms with E-state index in [-0.39, 0.29) is 18.3 Å². The molecule has 1 aliphatic rings. The van der Waals surface area contributed by atoms with Crippen molar-refractivity contribution in [2.24, 2.45) is 5.92 Å². The predicted octanol–water partition coefficient (Wildman–Crippen LogP) is 4.49. The molecule has 0 amide bonds. The number of ketones is 1. The van der Waals surface area contributed by atoms with Crippen molar-refractivity contribution in [1.29, 1.82) is 0 Å². The fourth-order valence-corrected chi connectivity index (χ4v) is 2.96. The fourth-order valence-electron chi connectivity index (χ4n) is 2.96. The molecule has 21 heavy (non-hydrogen) atoms. The third-order valence-corrected chi connectivity index (χ3v) is 4.15. The van der Waals surface area contributed by atoms with E-state index in [1.165, 1.54) is 12.8 Å². The van der Waals surface area contributed by atoms with Gasteiger partial charge < -0.3 is 4.74 Å². The Balaban J connectivity index is 1.72. The topological polar surface area (TPSA) is 26.3 Å². The maximum atomic E-state index is 12.1. The average Bonchev–Trinajstić information content (AvgIpc) is 3.08. The summed E-state index contributed by atoms with van der Waals surface area (Å²) in [4.78, 5) is 12.1. The molecule has 2 aromatic carbocycles. The lowest BCUT2D eigenvalue weighted by atomic mass is 10.0. The van der Waals surface area contributed by atoms with Crippen LogP contribution in [-0.2, 0) is 4.79 Å². The Morgan fingerprint density at radius 1 is 0.952 bits per heavy atom. The maximum absolute atomic E-state index is 12.1. The zero-order valence-electron chi connectivity index (χ0n) is 12.1. The first-order valence-electron chi connectivity index (χ1n) is 7.64. The number of benzene rings is 2. The van der Waals surface area contributed by atoms with Gasteiger partial charge in [0.2, 0.25) is 0 Å². The molecule has 0 bridgehead atoms. The van der Waals surface area contributed by atoms with Gasteiger partial charge in [0.15, 0.2) is 5.78 Å². The van der Waals surface area contributed by atoms with Crippen molar-refractivity contribution < 1.29 is 9.53 Å². The molecule has 0 aromatic heterocycles. The number of hydrogen-bond acceptors (Lipinski definition) is 2. The molecule has 3 rings (SSSR count). The molecule has 0 radical (unpaired) electrons. The molecule has 0 unspecified atom stereocenters. The molecular weight excluding hydrogens is 260 g/mol. The van der Waals surface area contributed by atoms with Gasteiger partial charge in [-0.25, -0.2) is 0 Å². The molecule has 1 aliphatic carbocycles. The number of ether oxygens (including phenoxy) is 1. The molecule has 2 heteroatoms. The van der Waals surface area contributed by atoms with Gasteiger partial charge in [-0.1, -0.05) is 61.4 Å². The zero-order chi connectivity index (χ0) is 14.5. The minimum absolute atomic E-state index is 0.189. The zero-order valence-corrected chi connectivity index (χ0v) is 12.1. The summed E-state index contributed by atoms with van der Waals surface area (Å²) in [6.07, 6.45) is 4.42. The Hall–Kier alpha value is -2.09. The summed E-state index contributed by atoms with van der Waals surface area (Å²) in [5, 5.41) is 0. The lowest BCUT2D eigenvalue weighted by molar-refractivity contribution is -0.124. The predicted molar refractivity (Wildman–Crippen MR) is 84.3 cm³/mol. The van der Waals surface area contributed by atoms with E-state index in [1.807, 2.05) is 42.5 Å². The first-order valence-corrected chi connectivity index (χ1v) is 7.64. The third kappa shape index (κ3) is 3.33. The minimum atomic E-state index is 0.189. The first kappa shape index (κ1) is 13.9. The van der Waals surface area contributed by atoms with E-state index in [0.29, 0.717) is 0 Å². The number of carbonyl (C=O) groups excluding carboxylic acids is 1. The van der Waals surface area contributed by atoms with E-state index in [2.05, 4.69) is 12.1 Å². The van der Waals surface area contributed by atoms with Gasteiger partial charge in [-0.15, -0.1) is 0 Å². The summed E-state index contributed by atoms with van der Waals surface area (Å²) in [6, 6.07) is 18.0. The molecule has 0 aliphatic heterocycles. The van der Waals surface area contributed by atoms with Crippen molar-refractivity contribution >= 4 is 5.78 Å². The fraction of sp³-hybridized carbons (Fsp3) is 0.316. The Kier molecular flexibility index (Phi) is 4.34. The summed E-state index contributed by atoms with van der Waals surface area (Å²) < 4.78 is 5.82. The average molecular weight is 280 g/mol. The lowest BCUT2D eigenvalue weighted by Gasteiger charge is -2.13. The summed E-state index contributed by atoms with van der Waals surface area (Å²) in [5.74, 6) is 1.25. The molecule has 0 N–H and O–H groups in total. The number of hydrogen-bond donors (Lipinski definition) is 0. The quantitative estimate of drug-likeness (QED) is 0.806. The van der Waals surface area contributed by atoms with Crippen LogP contribution in [0.25, 0.3) is 11.1 Å². The summed E-state index contributed by atoms with van der Waals surface area (Å²) >= 11 is 0. The van der Waals surface area contributed by atoms with Crippen LogP contribution in [0.15, 0.2) is 54.6 Å². The highest BCUT2D eigenvalue weighted by Gasteiger charge is 2.23. The molecule has 0 atom stereocenters. The maximum Gasteiger partial charge on any atom is 0.173 e. The highest BCUT2D eigenvalue weighted by molar-refractivity contribution is 5.83. The van der Waals surface area contributed by atoms with Gasteiger partial charge >= 0.3 is 0 Å². The number of Topliss-reactive ketones (excluding diaryl/α,β-unsaturated/α-hetero) is 1. The number of rotatable bonds is 5. The number of para-hydroxylation sites is 1. The van der Waals surface area contributed by atoms with Crippen LogP contribution in [0.1, 0.15) is 25.7 Å². The first-order chi connectivity index (χ1) is 10.3. The van der Waals surface area contributed by atoms with E-state index in [1.54, 1.807) is 0 Å². The molecule has 2 nitrogen and oxygen atoms in total. The van der Waals surface area contributed by atoms with Gasteiger partial charge in [-0.3, -0.25) is 4.79 Å². The van der Waals surface area contributed by atoms with Crippen LogP contribution in [0.2, 0.25) is 0 Å². The largest absolute Gasteiger partial charge is 0.485 e. The SMILES string of the molecule is O=C(COc1ccccc1-c1ccccc1)C1CCCC1. The van der Waals surface area contributed by atoms with E-state index in [0.717, 1.165) is 29.7 Å². The molecule has 108 valence electrons. The van der Waals surface area contributed by atoms with Gasteiger partial charge in [0.1, 0.15) is 12.4 Å². The van der Waals surface area contributed by atoms with E-state index in [9.17, 15) is 4.79 Å². The third-order valence-electron chi connectivity index (χ3n) is 4.15. The Labute approximate surface area is 125 Å². The van der Waals surface area contributed by atoms with Crippen molar-refractivity contribution in [3.05, 3.63) is 54.6 Å². The normalized spacial score (nSPS) is 15.0. The van der Waals surface area contributed by atoms with Crippen LogP contribution in [0.3, 0.4) is 0 Å². The van der Waals surface area contributed by atoms with Crippen molar-refractivity contribution in [3.63, 3.8) is 0 Å². The van der Waals surface area contributed by atoms with E-state index in [4.69, 9.17) is 4.74 Å². The van der Waals surface area contributed by atoms with Crippen LogP contribution in [0.5, 0.6) is 5.75 Å². The second kappa shape index (κ2) is 6.57. The standard InChI is InChI=1S/C19H20O2/c20-18(16-10-4-5-11-16)14-21-19-13-7-6-12-17(19)15-8-2-1-3-9-15/h1-3,6-9,12-13,16H,4-5,10-11,14H2. The van der Waals surface area contributed by atoms with Gasteiger partial charge in [0, 0.05) is 11.5 Å². The van der Waals surface area contributed by atoms with Crippen LogP contribution in [0, 0.1) is 5.92 Å². The van der Waals surface area contributed by atoms with Crippen molar-refractivity contribution in [2.45, 2.75) is 25.7 Å². The van der Waals surface area contributed by atoms with Crippen LogP contribution >= 0.6 is 0 Å². The monoisotopic (exact) mass is 280 g/mol. The van der Waals surface area contributed by atoms with Gasteiger partial charge in [0.25, 0.3) is 0 Å². The Morgan fingerprint density at radius 2 is 1.62 bits per heavy atom. The molecule has 0 spiro atoms. The second-order valence-electron chi connectivity index (χ2n) is 5.60. The second-order valence-corrected chi connectivity index (χ2v) is 5.60. The van der Waals surface area contributed by atoms with E-state index >= 15 is 0 Å². The lowest BCUT2D eigenvalue weighted by Crippen LogP contribution is -2.19. The minimum Gasteiger partial charge on any atom is -0.485 e. The highest BCUT2D eigenvalue weighted by Crippen LogP contribution is 2.30. The molecule has 2 aromatic rings. The van der Waals surface area contributed by atoms with Gasteiger partial charge in [0.05, 0.1) is 0 Å². The van der Waals surface area contributed by atoms with Crippen LogP contribution < -0.4 is 4.74 Å². The van der Waals surface area contributed by atoms with Crippen LogP contribution in [0.4, 0.5) is 0 Å². The van der Waals surface area contributed by atoms with Gasteiger partial charge in [-0.2, -0.15) is 0 Å². The van der Waals surface area contributed by atoms with Crippen molar-refractivity contribution in [2.75, 3.05) is 6.61 Å². The summed E-state index contributed by atoms with van der Waals surface area (Å²) in [5.41, 5.74) is 2.15.